The van der Waals surface area contributed by atoms with Gasteiger partial charge in [0.15, 0.2) is 0 Å². The number of aromatic nitrogens is 1. The van der Waals surface area contributed by atoms with Crippen LogP contribution in [-0.2, 0) is 0 Å². The molecular weight excluding hydrogens is 304 g/mol. The van der Waals surface area contributed by atoms with Crippen LogP contribution in [0.5, 0.6) is 0 Å². The Kier molecular flexibility index (Phi) is 3.60. The zero-order valence-corrected chi connectivity index (χ0v) is 13.5. The summed E-state index contributed by atoms with van der Waals surface area (Å²) in [5.74, 6) is 0.956. The van der Waals surface area contributed by atoms with Gasteiger partial charge in [0.1, 0.15) is 11.9 Å². The van der Waals surface area contributed by atoms with Gasteiger partial charge in [-0.3, -0.25) is 0 Å². The van der Waals surface area contributed by atoms with Gasteiger partial charge in [0.05, 0.1) is 5.56 Å². The number of piperazine rings is 1. The summed E-state index contributed by atoms with van der Waals surface area (Å²) >= 11 is 1.79. The Morgan fingerprint density at radius 2 is 1.83 bits per heavy atom. The molecule has 3 aromatic rings. The first-order valence-electron chi connectivity index (χ1n) is 7.67. The SMILES string of the molecule is N#Cc1ccc(N2CCN(c3cccc4sccc34)CC2)nc1. The van der Waals surface area contributed by atoms with Gasteiger partial charge in [-0.15, -0.1) is 11.3 Å². The second-order valence-corrected chi connectivity index (χ2v) is 6.55. The standard InChI is InChI=1S/C18H16N4S/c19-12-14-4-5-18(20-13-14)22-9-7-21(8-10-22)16-2-1-3-17-15(16)6-11-23-17/h1-6,11,13H,7-10H2. The Bertz CT molecular complexity index is 855. The molecule has 1 aromatic carbocycles. The van der Waals surface area contributed by atoms with Crippen LogP contribution in [0.1, 0.15) is 5.56 Å². The van der Waals surface area contributed by atoms with E-state index in [2.05, 4.69) is 50.5 Å². The molecule has 0 bridgehead atoms. The molecule has 0 atom stereocenters. The van der Waals surface area contributed by atoms with Gasteiger partial charge in [-0.05, 0) is 35.7 Å². The Balaban J connectivity index is 1.50. The van der Waals surface area contributed by atoms with Crippen LogP contribution in [0.2, 0.25) is 0 Å². The number of hydrogen-bond acceptors (Lipinski definition) is 5. The van der Waals surface area contributed by atoms with Crippen molar-refractivity contribution in [2.24, 2.45) is 0 Å². The zero-order chi connectivity index (χ0) is 15.6. The summed E-state index contributed by atoms with van der Waals surface area (Å²) in [6.45, 7) is 3.85. The maximum Gasteiger partial charge on any atom is 0.128 e. The lowest BCUT2D eigenvalue weighted by Gasteiger charge is -2.37. The second kappa shape index (κ2) is 5.90. The van der Waals surface area contributed by atoms with Gasteiger partial charge in [-0.25, -0.2) is 4.98 Å². The molecule has 3 heterocycles. The lowest BCUT2D eigenvalue weighted by atomic mass is 10.2. The van der Waals surface area contributed by atoms with E-state index in [4.69, 9.17) is 5.26 Å². The molecule has 4 nitrogen and oxygen atoms in total. The monoisotopic (exact) mass is 320 g/mol. The van der Waals surface area contributed by atoms with Crippen molar-refractivity contribution in [2.75, 3.05) is 36.0 Å². The third-order valence-corrected chi connectivity index (χ3v) is 5.18. The summed E-state index contributed by atoms with van der Waals surface area (Å²) < 4.78 is 1.35. The zero-order valence-electron chi connectivity index (χ0n) is 12.6. The molecule has 1 aliphatic rings. The molecule has 5 heteroatoms. The number of nitrogens with zero attached hydrogens (tertiary/aromatic N) is 4. The van der Waals surface area contributed by atoms with Crippen molar-refractivity contribution in [3.05, 3.63) is 53.5 Å². The molecule has 0 N–H and O–H groups in total. The third-order valence-electron chi connectivity index (χ3n) is 4.29. The van der Waals surface area contributed by atoms with E-state index in [-0.39, 0.29) is 0 Å². The van der Waals surface area contributed by atoms with Crippen molar-refractivity contribution >= 4 is 32.9 Å². The summed E-state index contributed by atoms with van der Waals surface area (Å²) in [6.07, 6.45) is 1.65. The predicted octanol–water partition coefficient (Wildman–Crippen LogP) is 3.49. The van der Waals surface area contributed by atoms with Crippen LogP contribution < -0.4 is 9.80 Å². The molecule has 1 fully saturated rings. The Hall–Kier alpha value is -2.58. The Labute approximate surface area is 139 Å². The van der Waals surface area contributed by atoms with E-state index in [0.717, 1.165) is 32.0 Å². The van der Waals surface area contributed by atoms with E-state index in [1.165, 1.54) is 15.8 Å². The van der Waals surface area contributed by atoms with Crippen molar-refractivity contribution in [1.82, 2.24) is 4.98 Å². The number of anilines is 2. The van der Waals surface area contributed by atoms with Crippen molar-refractivity contribution in [3.63, 3.8) is 0 Å². The van der Waals surface area contributed by atoms with E-state index in [9.17, 15) is 0 Å². The van der Waals surface area contributed by atoms with E-state index in [1.807, 2.05) is 12.1 Å². The van der Waals surface area contributed by atoms with Crippen LogP contribution in [0.15, 0.2) is 48.0 Å². The number of pyridine rings is 1. The first kappa shape index (κ1) is 14.0. The first-order chi connectivity index (χ1) is 11.3. The fourth-order valence-electron chi connectivity index (χ4n) is 3.07. The Morgan fingerprint density at radius 1 is 1.00 bits per heavy atom. The van der Waals surface area contributed by atoms with Crippen LogP contribution in [0.4, 0.5) is 11.5 Å². The first-order valence-corrected chi connectivity index (χ1v) is 8.55. The molecule has 0 unspecified atom stereocenters. The smallest absolute Gasteiger partial charge is 0.128 e. The summed E-state index contributed by atoms with van der Waals surface area (Å²) in [6, 6.07) is 14.6. The number of fused-ring (bicyclic) bond motifs is 1. The van der Waals surface area contributed by atoms with Gasteiger partial charge in [-0.1, -0.05) is 6.07 Å². The number of thiophene rings is 1. The summed E-state index contributed by atoms with van der Waals surface area (Å²) in [7, 11) is 0. The van der Waals surface area contributed by atoms with E-state index >= 15 is 0 Å². The minimum absolute atomic E-state index is 0.608. The third kappa shape index (κ3) is 2.62. The largest absolute Gasteiger partial charge is 0.367 e. The molecular formula is C18H16N4S. The maximum atomic E-state index is 8.86. The highest BCUT2D eigenvalue weighted by Crippen LogP contribution is 2.31. The maximum absolute atomic E-state index is 8.86. The van der Waals surface area contributed by atoms with Crippen LogP contribution in [0, 0.1) is 11.3 Å². The molecule has 0 aliphatic carbocycles. The fourth-order valence-corrected chi connectivity index (χ4v) is 3.88. The van der Waals surface area contributed by atoms with Crippen molar-refractivity contribution in [3.8, 4) is 6.07 Å². The number of rotatable bonds is 2. The highest BCUT2D eigenvalue weighted by Gasteiger charge is 2.19. The lowest BCUT2D eigenvalue weighted by Crippen LogP contribution is -2.46. The number of hydrogen-bond donors (Lipinski definition) is 0. The molecule has 0 radical (unpaired) electrons. The van der Waals surface area contributed by atoms with Crippen LogP contribution in [0.3, 0.4) is 0 Å². The fraction of sp³-hybridized carbons (Fsp3) is 0.222. The molecule has 1 aliphatic heterocycles. The number of benzene rings is 1. The van der Waals surface area contributed by atoms with Gasteiger partial charge in [0, 0.05) is 48.1 Å². The van der Waals surface area contributed by atoms with Gasteiger partial charge in [0.2, 0.25) is 0 Å². The molecule has 23 heavy (non-hydrogen) atoms. The minimum atomic E-state index is 0.608. The molecule has 4 rings (SSSR count). The Morgan fingerprint density at radius 3 is 2.57 bits per heavy atom. The number of nitriles is 1. The van der Waals surface area contributed by atoms with Crippen molar-refractivity contribution < 1.29 is 0 Å². The quantitative estimate of drug-likeness (QED) is 0.725. The van der Waals surface area contributed by atoms with Crippen molar-refractivity contribution in [2.45, 2.75) is 0 Å². The molecule has 1 saturated heterocycles. The average molecular weight is 320 g/mol. The summed E-state index contributed by atoms with van der Waals surface area (Å²) in [5, 5.41) is 12.4. The van der Waals surface area contributed by atoms with Crippen LogP contribution in [0.25, 0.3) is 10.1 Å². The second-order valence-electron chi connectivity index (χ2n) is 5.60. The van der Waals surface area contributed by atoms with E-state index < -0.39 is 0 Å². The normalized spacial score (nSPS) is 14.9. The van der Waals surface area contributed by atoms with E-state index in [0.29, 0.717) is 5.56 Å². The van der Waals surface area contributed by atoms with Gasteiger partial charge in [-0.2, -0.15) is 5.26 Å². The van der Waals surface area contributed by atoms with E-state index in [1.54, 1.807) is 17.5 Å². The molecule has 0 amide bonds. The van der Waals surface area contributed by atoms with Crippen molar-refractivity contribution in [1.29, 1.82) is 5.26 Å². The lowest BCUT2D eigenvalue weighted by molar-refractivity contribution is 0.649. The molecule has 0 spiro atoms. The van der Waals surface area contributed by atoms with Gasteiger partial charge in [0.25, 0.3) is 0 Å². The minimum Gasteiger partial charge on any atom is -0.367 e. The highest BCUT2D eigenvalue weighted by molar-refractivity contribution is 7.17. The van der Waals surface area contributed by atoms with Crippen LogP contribution >= 0.6 is 11.3 Å². The summed E-state index contributed by atoms with van der Waals surface area (Å²) in [5.41, 5.74) is 1.94. The van der Waals surface area contributed by atoms with Crippen LogP contribution in [-0.4, -0.2) is 31.2 Å². The molecule has 2 aromatic heterocycles. The highest BCUT2D eigenvalue weighted by atomic mass is 32.1. The topological polar surface area (TPSA) is 43.2 Å². The molecule has 0 saturated carbocycles. The summed E-state index contributed by atoms with van der Waals surface area (Å²) in [4.78, 5) is 9.14. The molecule has 114 valence electrons. The predicted molar refractivity (Wildman–Crippen MR) is 95.2 cm³/mol. The average Bonchev–Trinajstić information content (AvgIpc) is 3.11. The van der Waals surface area contributed by atoms with Gasteiger partial charge < -0.3 is 9.80 Å². The van der Waals surface area contributed by atoms with Gasteiger partial charge >= 0.3 is 0 Å².